The molecule has 39 heavy (non-hydrogen) atoms. The van der Waals surface area contributed by atoms with Crippen molar-refractivity contribution in [3.05, 3.63) is 106 Å². The van der Waals surface area contributed by atoms with Crippen LogP contribution in [0.1, 0.15) is 34.8 Å². The number of carbonyl (C=O) groups excluding carboxylic acids is 1. The van der Waals surface area contributed by atoms with E-state index in [4.69, 9.17) is 11.6 Å². The fourth-order valence-corrected chi connectivity index (χ4v) is 4.30. The summed E-state index contributed by atoms with van der Waals surface area (Å²) in [6, 6.07) is 13.1. The number of nitrogens with zero attached hydrogens (tertiary/aromatic N) is 7. The van der Waals surface area contributed by atoms with Gasteiger partial charge in [0.2, 0.25) is 5.28 Å². The van der Waals surface area contributed by atoms with Crippen LogP contribution in [0.4, 0.5) is 10.2 Å². The molecule has 0 saturated heterocycles. The fraction of sp³-hybridized carbons (Fsp3) is 0.148. The molecule has 1 fully saturated rings. The third-order valence-corrected chi connectivity index (χ3v) is 6.51. The quantitative estimate of drug-likeness (QED) is 0.303. The van der Waals surface area contributed by atoms with E-state index in [2.05, 4.69) is 30.5 Å². The highest BCUT2D eigenvalue weighted by atomic mass is 35.5. The van der Waals surface area contributed by atoms with Crippen LogP contribution in [-0.4, -0.2) is 40.2 Å². The first-order chi connectivity index (χ1) is 19.0. The maximum atomic E-state index is 14.4. The lowest BCUT2D eigenvalue weighted by molar-refractivity contribution is 0.102. The zero-order valence-electron chi connectivity index (χ0n) is 20.3. The van der Waals surface area contributed by atoms with E-state index in [0.29, 0.717) is 34.3 Å². The van der Waals surface area contributed by atoms with Crippen molar-refractivity contribution in [2.75, 3.05) is 5.32 Å². The summed E-state index contributed by atoms with van der Waals surface area (Å²) in [6.07, 6.45) is 8.26. The normalized spacial score (nSPS) is 12.9. The summed E-state index contributed by atoms with van der Waals surface area (Å²) >= 11 is 5.83. The van der Waals surface area contributed by atoms with Crippen molar-refractivity contribution in [3.8, 4) is 22.6 Å². The van der Waals surface area contributed by atoms with Crippen LogP contribution in [0.15, 0.2) is 78.2 Å². The second-order valence-electron chi connectivity index (χ2n) is 9.06. The molecule has 0 aliphatic heterocycles. The third-order valence-electron chi connectivity index (χ3n) is 6.32. The average molecular weight is 543 g/mol. The van der Waals surface area contributed by atoms with Crippen molar-refractivity contribution in [3.63, 3.8) is 0 Å². The Labute approximate surface area is 226 Å². The van der Waals surface area contributed by atoms with Crippen molar-refractivity contribution in [2.45, 2.75) is 25.4 Å². The van der Waals surface area contributed by atoms with Crippen LogP contribution in [-0.2, 0) is 6.54 Å². The monoisotopic (exact) mass is 542 g/mol. The Kier molecular flexibility index (Phi) is 6.41. The second-order valence-corrected chi connectivity index (χ2v) is 9.40. The SMILES string of the molecule is O=C(Nc1cccc(-c2nncn2C2CC2)n1)c1cc(-c2cnc(Cl)nc2)cn(Cc2ccccc2F)c1=O. The lowest BCUT2D eigenvalue weighted by Gasteiger charge is -2.13. The van der Waals surface area contributed by atoms with Gasteiger partial charge in [0.1, 0.15) is 29.2 Å². The van der Waals surface area contributed by atoms with Gasteiger partial charge in [0.15, 0.2) is 5.82 Å². The number of rotatable bonds is 7. The van der Waals surface area contributed by atoms with Gasteiger partial charge >= 0.3 is 0 Å². The molecule has 4 aromatic heterocycles. The molecule has 194 valence electrons. The largest absolute Gasteiger partial charge is 0.310 e. The van der Waals surface area contributed by atoms with Gasteiger partial charge in [-0.25, -0.2) is 19.3 Å². The van der Waals surface area contributed by atoms with E-state index < -0.39 is 17.3 Å². The highest BCUT2D eigenvalue weighted by molar-refractivity contribution is 6.28. The molecule has 0 spiro atoms. The van der Waals surface area contributed by atoms with E-state index in [-0.39, 0.29) is 23.2 Å². The molecule has 5 aromatic rings. The lowest BCUT2D eigenvalue weighted by atomic mass is 10.1. The number of hydrogen-bond donors (Lipinski definition) is 1. The Balaban J connectivity index is 1.36. The average Bonchev–Trinajstić information content (AvgIpc) is 3.67. The van der Waals surface area contributed by atoms with Crippen LogP contribution >= 0.6 is 11.6 Å². The predicted octanol–water partition coefficient (Wildman–Crippen LogP) is 4.39. The Morgan fingerprint density at radius 3 is 2.64 bits per heavy atom. The summed E-state index contributed by atoms with van der Waals surface area (Å²) in [5.41, 5.74) is 1.08. The van der Waals surface area contributed by atoms with Gasteiger partial charge < -0.3 is 14.5 Å². The molecule has 1 aliphatic carbocycles. The highest BCUT2D eigenvalue weighted by Crippen LogP contribution is 2.37. The van der Waals surface area contributed by atoms with Gasteiger partial charge in [0, 0.05) is 41.3 Å². The summed E-state index contributed by atoms with van der Waals surface area (Å²) in [4.78, 5) is 39.3. The number of benzene rings is 1. The number of carbonyl (C=O) groups is 1. The fourth-order valence-electron chi connectivity index (χ4n) is 4.20. The molecule has 0 radical (unpaired) electrons. The molecule has 12 heteroatoms. The van der Waals surface area contributed by atoms with Gasteiger partial charge in [-0.05, 0) is 48.7 Å². The van der Waals surface area contributed by atoms with E-state index in [9.17, 15) is 14.0 Å². The van der Waals surface area contributed by atoms with E-state index in [1.165, 1.54) is 35.3 Å². The first kappa shape index (κ1) is 24.6. The molecular formula is C27H20ClFN8O2. The minimum absolute atomic E-state index is 0.0554. The topological polar surface area (TPSA) is 120 Å². The second kappa shape index (κ2) is 10.2. The van der Waals surface area contributed by atoms with Crippen molar-refractivity contribution in [1.29, 1.82) is 0 Å². The summed E-state index contributed by atoms with van der Waals surface area (Å²) in [6.45, 7) is -0.0847. The molecular weight excluding hydrogens is 523 g/mol. The van der Waals surface area contributed by atoms with Crippen molar-refractivity contribution < 1.29 is 9.18 Å². The summed E-state index contributed by atoms with van der Waals surface area (Å²) in [5, 5.41) is 10.9. The molecule has 0 atom stereocenters. The van der Waals surface area contributed by atoms with Gasteiger partial charge in [-0.2, -0.15) is 0 Å². The van der Waals surface area contributed by atoms with E-state index in [1.54, 1.807) is 42.7 Å². The van der Waals surface area contributed by atoms with Crippen LogP contribution in [0.5, 0.6) is 0 Å². The molecule has 1 amide bonds. The zero-order valence-corrected chi connectivity index (χ0v) is 21.1. The summed E-state index contributed by atoms with van der Waals surface area (Å²) in [7, 11) is 0. The van der Waals surface area contributed by atoms with E-state index >= 15 is 0 Å². The standard InChI is InChI=1S/C27H20ClFN8O2/c28-27-30-11-18(12-31-27)17-10-20(26(39)36(14-17)13-16-4-1-2-5-21(16)29)25(38)34-23-7-3-6-22(33-23)24-35-32-15-37(24)19-8-9-19/h1-7,10-12,14-15,19H,8-9,13H2,(H,33,34,38). The van der Waals surface area contributed by atoms with Crippen LogP contribution in [0.2, 0.25) is 5.28 Å². The highest BCUT2D eigenvalue weighted by Gasteiger charge is 2.27. The number of nitrogens with one attached hydrogen (secondary N) is 1. The molecule has 1 aromatic carbocycles. The molecule has 6 rings (SSSR count). The van der Waals surface area contributed by atoms with Gasteiger partial charge in [-0.1, -0.05) is 24.3 Å². The molecule has 4 heterocycles. The van der Waals surface area contributed by atoms with Crippen LogP contribution < -0.4 is 10.9 Å². The van der Waals surface area contributed by atoms with Crippen LogP contribution in [0, 0.1) is 5.82 Å². The van der Waals surface area contributed by atoms with Gasteiger partial charge in [0.05, 0.1) is 6.54 Å². The molecule has 1 N–H and O–H groups in total. The Bertz CT molecular complexity index is 1750. The Hall–Kier alpha value is -4.77. The van der Waals surface area contributed by atoms with E-state index in [0.717, 1.165) is 12.8 Å². The first-order valence-corrected chi connectivity index (χ1v) is 12.5. The molecule has 0 unspecified atom stereocenters. The Morgan fingerprint density at radius 1 is 1.08 bits per heavy atom. The van der Waals surface area contributed by atoms with Crippen molar-refractivity contribution >= 4 is 23.3 Å². The zero-order chi connectivity index (χ0) is 26.9. The maximum absolute atomic E-state index is 14.4. The number of pyridine rings is 2. The number of amides is 1. The molecule has 1 aliphatic rings. The number of halogens is 2. The third kappa shape index (κ3) is 5.16. The maximum Gasteiger partial charge on any atom is 0.263 e. The van der Waals surface area contributed by atoms with Crippen molar-refractivity contribution in [2.24, 2.45) is 0 Å². The summed E-state index contributed by atoms with van der Waals surface area (Å²) in [5.74, 6) is -0.295. The minimum Gasteiger partial charge on any atom is -0.310 e. The van der Waals surface area contributed by atoms with Crippen LogP contribution in [0.3, 0.4) is 0 Å². The van der Waals surface area contributed by atoms with Crippen molar-refractivity contribution in [1.82, 2.24) is 34.3 Å². The van der Waals surface area contributed by atoms with Gasteiger partial charge in [0.25, 0.3) is 11.5 Å². The molecule has 0 bridgehead atoms. The smallest absolute Gasteiger partial charge is 0.263 e. The van der Waals surface area contributed by atoms with Gasteiger partial charge in [-0.15, -0.1) is 10.2 Å². The minimum atomic E-state index is -0.674. The predicted molar refractivity (Wildman–Crippen MR) is 142 cm³/mol. The van der Waals surface area contributed by atoms with Crippen LogP contribution in [0.25, 0.3) is 22.6 Å². The molecule has 1 saturated carbocycles. The summed E-state index contributed by atoms with van der Waals surface area (Å²) < 4.78 is 17.7. The number of aromatic nitrogens is 7. The number of anilines is 1. The molecule has 10 nitrogen and oxygen atoms in total. The Morgan fingerprint density at radius 2 is 1.87 bits per heavy atom. The first-order valence-electron chi connectivity index (χ1n) is 12.1. The lowest BCUT2D eigenvalue weighted by Crippen LogP contribution is -2.30. The van der Waals surface area contributed by atoms with Gasteiger partial charge in [-0.3, -0.25) is 9.59 Å². The number of hydrogen-bond acceptors (Lipinski definition) is 7. The van der Waals surface area contributed by atoms with E-state index in [1.807, 2.05) is 4.57 Å².